The van der Waals surface area contributed by atoms with E-state index in [-0.39, 0.29) is 5.91 Å². The zero-order valence-corrected chi connectivity index (χ0v) is 15.5. The van der Waals surface area contributed by atoms with Crippen LogP contribution in [0.5, 0.6) is 0 Å². The lowest BCUT2D eigenvalue weighted by Gasteiger charge is -2.23. The second kappa shape index (κ2) is 8.06. The molecule has 4 heteroatoms. The SMILES string of the molecule is O=C(CSc1ccc2ccccc2n1)N(c1ccccc1)c1ccccc1. The van der Waals surface area contributed by atoms with Gasteiger partial charge in [0.1, 0.15) is 0 Å². The normalized spacial score (nSPS) is 10.7. The fourth-order valence-corrected chi connectivity index (χ4v) is 3.65. The third kappa shape index (κ3) is 4.01. The van der Waals surface area contributed by atoms with Crippen molar-refractivity contribution in [3.63, 3.8) is 0 Å². The number of amides is 1. The fourth-order valence-electron chi connectivity index (χ4n) is 2.92. The summed E-state index contributed by atoms with van der Waals surface area (Å²) in [4.78, 5) is 19.5. The smallest absolute Gasteiger partial charge is 0.241 e. The highest BCUT2D eigenvalue weighted by atomic mass is 32.2. The predicted molar refractivity (Wildman–Crippen MR) is 112 cm³/mol. The first kappa shape index (κ1) is 17.3. The van der Waals surface area contributed by atoms with Crippen LogP contribution in [0.15, 0.2) is 102 Å². The Morgan fingerprint density at radius 2 is 1.33 bits per heavy atom. The average molecular weight is 370 g/mol. The Labute approximate surface area is 162 Å². The highest BCUT2D eigenvalue weighted by Gasteiger charge is 2.18. The van der Waals surface area contributed by atoms with Gasteiger partial charge in [-0.3, -0.25) is 9.69 Å². The van der Waals surface area contributed by atoms with E-state index < -0.39 is 0 Å². The molecule has 0 saturated heterocycles. The van der Waals surface area contributed by atoms with E-state index in [0.717, 1.165) is 27.3 Å². The minimum Gasteiger partial charge on any atom is -0.280 e. The number of carbonyl (C=O) groups is 1. The number of anilines is 2. The topological polar surface area (TPSA) is 33.2 Å². The molecule has 0 radical (unpaired) electrons. The number of benzene rings is 3. The molecule has 3 aromatic carbocycles. The Balaban J connectivity index is 1.56. The van der Waals surface area contributed by atoms with Gasteiger partial charge >= 0.3 is 0 Å². The summed E-state index contributed by atoms with van der Waals surface area (Å²) in [5.74, 6) is 0.335. The van der Waals surface area contributed by atoms with Crippen molar-refractivity contribution in [2.75, 3.05) is 10.7 Å². The van der Waals surface area contributed by atoms with Gasteiger partial charge in [0, 0.05) is 16.8 Å². The van der Waals surface area contributed by atoms with E-state index in [1.54, 1.807) is 4.90 Å². The molecule has 27 heavy (non-hydrogen) atoms. The van der Waals surface area contributed by atoms with Crippen LogP contribution in [-0.4, -0.2) is 16.6 Å². The van der Waals surface area contributed by atoms with E-state index in [2.05, 4.69) is 4.98 Å². The van der Waals surface area contributed by atoms with Crippen molar-refractivity contribution >= 4 is 39.9 Å². The molecular weight excluding hydrogens is 352 g/mol. The fraction of sp³-hybridized carbons (Fsp3) is 0.0435. The predicted octanol–water partition coefficient (Wildman–Crippen LogP) is 5.69. The van der Waals surface area contributed by atoms with Crippen LogP contribution in [0.25, 0.3) is 10.9 Å². The lowest BCUT2D eigenvalue weighted by molar-refractivity contribution is -0.115. The van der Waals surface area contributed by atoms with Gasteiger partial charge in [0.25, 0.3) is 0 Å². The number of thioether (sulfide) groups is 1. The van der Waals surface area contributed by atoms with E-state index in [1.165, 1.54) is 11.8 Å². The molecule has 0 unspecified atom stereocenters. The highest BCUT2D eigenvalue weighted by Crippen LogP contribution is 2.27. The van der Waals surface area contributed by atoms with Crippen LogP contribution < -0.4 is 4.90 Å². The minimum absolute atomic E-state index is 0.0207. The van der Waals surface area contributed by atoms with Crippen molar-refractivity contribution < 1.29 is 4.79 Å². The Hall–Kier alpha value is -3.11. The maximum Gasteiger partial charge on any atom is 0.241 e. The van der Waals surface area contributed by atoms with Crippen molar-refractivity contribution in [2.45, 2.75) is 5.03 Å². The van der Waals surface area contributed by atoms with E-state index in [4.69, 9.17) is 0 Å². The second-order valence-electron chi connectivity index (χ2n) is 6.03. The molecule has 4 rings (SSSR count). The molecule has 0 N–H and O–H groups in total. The minimum atomic E-state index is 0.0207. The van der Waals surface area contributed by atoms with Gasteiger partial charge in [-0.25, -0.2) is 4.98 Å². The molecule has 0 fully saturated rings. The third-order valence-corrected chi connectivity index (χ3v) is 5.11. The monoisotopic (exact) mass is 370 g/mol. The molecule has 1 amide bonds. The maximum absolute atomic E-state index is 13.1. The summed E-state index contributed by atoms with van der Waals surface area (Å²) in [6.07, 6.45) is 0. The number of aromatic nitrogens is 1. The van der Waals surface area contributed by atoms with Crippen LogP contribution in [0.4, 0.5) is 11.4 Å². The van der Waals surface area contributed by atoms with Crippen molar-refractivity contribution in [2.24, 2.45) is 0 Å². The van der Waals surface area contributed by atoms with Gasteiger partial charge in [0.15, 0.2) is 0 Å². The summed E-state index contributed by atoms with van der Waals surface area (Å²) in [5, 5.41) is 1.95. The molecule has 0 atom stereocenters. The van der Waals surface area contributed by atoms with Gasteiger partial charge in [-0.2, -0.15) is 0 Å². The molecule has 0 saturated carbocycles. The number of para-hydroxylation sites is 3. The van der Waals surface area contributed by atoms with Crippen LogP contribution in [0.1, 0.15) is 0 Å². The molecule has 3 nitrogen and oxygen atoms in total. The molecule has 0 aliphatic heterocycles. The van der Waals surface area contributed by atoms with E-state index in [0.29, 0.717) is 5.75 Å². The summed E-state index contributed by atoms with van der Waals surface area (Å²) in [6, 6.07) is 31.5. The molecule has 1 heterocycles. The molecule has 0 spiro atoms. The second-order valence-corrected chi connectivity index (χ2v) is 7.03. The van der Waals surface area contributed by atoms with Gasteiger partial charge in [-0.05, 0) is 36.4 Å². The van der Waals surface area contributed by atoms with E-state index in [9.17, 15) is 4.79 Å². The first-order valence-corrected chi connectivity index (χ1v) is 9.71. The van der Waals surface area contributed by atoms with Crippen LogP contribution in [0, 0.1) is 0 Å². The highest BCUT2D eigenvalue weighted by molar-refractivity contribution is 7.99. The summed E-state index contributed by atoms with van der Waals surface area (Å²) >= 11 is 1.46. The zero-order chi connectivity index (χ0) is 18.5. The van der Waals surface area contributed by atoms with E-state index >= 15 is 0 Å². The molecule has 0 aliphatic carbocycles. The first-order chi connectivity index (χ1) is 13.3. The van der Waals surface area contributed by atoms with Crippen molar-refractivity contribution in [1.29, 1.82) is 0 Å². The van der Waals surface area contributed by atoms with Gasteiger partial charge in [-0.15, -0.1) is 0 Å². The van der Waals surface area contributed by atoms with Crippen LogP contribution >= 0.6 is 11.8 Å². The molecule has 0 aliphatic rings. The Kier molecular flexibility index (Phi) is 5.17. The standard InChI is InChI=1S/C23H18N2OS/c26-23(17-27-22-16-15-18-9-7-8-14-21(18)24-22)25(19-10-3-1-4-11-19)20-12-5-2-6-13-20/h1-16H,17H2. The van der Waals surface area contributed by atoms with Gasteiger partial charge in [0.05, 0.1) is 16.3 Å². The van der Waals surface area contributed by atoms with Crippen LogP contribution in [-0.2, 0) is 4.79 Å². The number of pyridine rings is 1. The first-order valence-electron chi connectivity index (χ1n) is 8.73. The average Bonchev–Trinajstić information content (AvgIpc) is 2.74. The largest absolute Gasteiger partial charge is 0.280 e. The van der Waals surface area contributed by atoms with E-state index in [1.807, 2.05) is 97.1 Å². The Morgan fingerprint density at radius 3 is 2.00 bits per heavy atom. The third-order valence-electron chi connectivity index (χ3n) is 4.19. The Bertz CT molecular complexity index is 1010. The lowest BCUT2D eigenvalue weighted by atomic mass is 10.2. The summed E-state index contributed by atoms with van der Waals surface area (Å²) in [5.41, 5.74) is 2.67. The molecule has 0 bridgehead atoms. The number of carbonyl (C=O) groups excluding carboxylic acids is 1. The zero-order valence-electron chi connectivity index (χ0n) is 14.7. The number of nitrogens with zero attached hydrogens (tertiary/aromatic N) is 2. The molecule has 4 aromatic rings. The summed E-state index contributed by atoms with van der Waals surface area (Å²) in [7, 11) is 0. The summed E-state index contributed by atoms with van der Waals surface area (Å²) < 4.78 is 0. The molecule has 1 aromatic heterocycles. The number of fused-ring (bicyclic) bond motifs is 1. The van der Waals surface area contributed by atoms with Crippen molar-refractivity contribution in [3.8, 4) is 0 Å². The molecular formula is C23H18N2OS. The Morgan fingerprint density at radius 1 is 0.741 bits per heavy atom. The number of hydrogen-bond donors (Lipinski definition) is 0. The van der Waals surface area contributed by atoms with Gasteiger partial charge in [-0.1, -0.05) is 72.4 Å². The van der Waals surface area contributed by atoms with Crippen molar-refractivity contribution in [3.05, 3.63) is 97.1 Å². The van der Waals surface area contributed by atoms with Crippen LogP contribution in [0.2, 0.25) is 0 Å². The molecule has 132 valence electrons. The van der Waals surface area contributed by atoms with Gasteiger partial charge < -0.3 is 0 Å². The quantitative estimate of drug-likeness (QED) is 0.423. The number of hydrogen-bond acceptors (Lipinski definition) is 3. The summed E-state index contributed by atoms with van der Waals surface area (Å²) in [6.45, 7) is 0. The van der Waals surface area contributed by atoms with Gasteiger partial charge in [0.2, 0.25) is 5.91 Å². The maximum atomic E-state index is 13.1. The van der Waals surface area contributed by atoms with Crippen LogP contribution in [0.3, 0.4) is 0 Å². The van der Waals surface area contributed by atoms with Crippen molar-refractivity contribution in [1.82, 2.24) is 4.98 Å². The number of rotatable bonds is 5. The lowest BCUT2D eigenvalue weighted by Crippen LogP contribution is -2.27.